The number of fused-ring (bicyclic) bond motifs is 1. The summed E-state index contributed by atoms with van der Waals surface area (Å²) in [5, 5.41) is 32.4. The van der Waals surface area contributed by atoms with Crippen LogP contribution in [-0.4, -0.2) is 47.2 Å². The highest BCUT2D eigenvalue weighted by atomic mass is 16.3. The van der Waals surface area contributed by atoms with Gasteiger partial charge in [0.15, 0.2) is 12.0 Å². The smallest absolute Gasteiger partial charge is 0.251 e. The van der Waals surface area contributed by atoms with Gasteiger partial charge in [-0.2, -0.15) is 5.26 Å². The van der Waals surface area contributed by atoms with Crippen LogP contribution in [0.1, 0.15) is 53.5 Å². The lowest BCUT2D eigenvalue weighted by Crippen LogP contribution is -2.51. The molecule has 0 saturated carbocycles. The maximum atomic E-state index is 13.2. The molecule has 1 aromatic heterocycles. The fourth-order valence-corrected chi connectivity index (χ4v) is 4.55. The lowest BCUT2D eigenvalue weighted by atomic mass is 9.95. The number of benzene rings is 3. The summed E-state index contributed by atoms with van der Waals surface area (Å²) in [5.74, 6) is -0.0546. The molecule has 8 nitrogen and oxygen atoms in total. The molecule has 0 aliphatic rings. The molecule has 8 heteroatoms. The van der Waals surface area contributed by atoms with E-state index in [0.29, 0.717) is 51.2 Å². The SMILES string of the molecule is CCC(=O)c1c(-c2ccc(C)cc2)oc2cc(N(C#N)CC)c(-c3cccc(C(=O)NC(C)(CO)CO)c3)cc12. The molecule has 206 valence electrons. The highest BCUT2D eigenvalue weighted by Gasteiger charge is 2.27. The maximum Gasteiger partial charge on any atom is 0.251 e. The minimum Gasteiger partial charge on any atom is -0.455 e. The summed E-state index contributed by atoms with van der Waals surface area (Å²) in [6.45, 7) is 6.73. The van der Waals surface area contributed by atoms with Gasteiger partial charge in [-0.05, 0) is 44.5 Å². The third-order valence-electron chi connectivity index (χ3n) is 7.00. The second-order valence-corrected chi connectivity index (χ2v) is 10.1. The molecule has 0 saturated heterocycles. The minimum absolute atomic E-state index is 0.0684. The van der Waals surface area contributed by atoms with E-state index in [9.17, 15) is 25.1 Å². The molecule has 0 atom stereocenters. The van der Waals surface area contributed by atoms with Crippen molar-refractivity contribution < 1.29 is 24.2 Å². The third-order valence-corrected chi connectivity index (χ3v) is 7.00. The van der Waals surface area contributed by atoms with E-state index in [1.165, 1.54) is 4.90 Å². The van der Waals surface area contributed by atoms with Crippen molar-refractivity contribution in [1.82, 2.24) is 5.32 Å². The Kier molecular flexibility index (Phi) is 8.38. The summed E-state index contributed by atoms with van der Waals surface area (Å²) < 4.78 is 6.29. The van der Waals surface area contributed by atoms with Gasteiger partial charge in [0.1, 0.15) is 11.3 Å². The minimum atomic E-state index is -1.18. The van der Waals surface area contributed by atoms with E-state index >= 15 is 0 Å². The molecule has 0 aliphatic heterocycles. The van der Waals surface area contributed by atoms with Gasteiger partial charge >= 0.3 is 0 Å². The number of amides is 1. The van der Waals surface area contributed by atoms with Crippen molar-refractivity contribution in [3.63, 3.8) is 0 Å². The zero-order valence-corrected chi connectivity index (χ0v) is 23.1. The van der Waals surface area contributed by atoms with E-state index in [0.717, 1.165) is 11.1 Å². The fraction of sp³-hybridized carbons (Fsp3) is 0.281. The van der Waals surface area contributed by atoms with Gasteiger partial charge in [-0.3, -0.25) is 14.5 Å². The Hall–Kier alpha value is -4.45. The summed E-state index contributed by atoms with van der Waals surface area (Å²) in [4.78, 5) is 27.8. The van der Waals surface area contributed by atoms with Crippen LogP contribution in [0.15, 0.2) is 65.1 Å². The van der Waals surface area contributed by atoms with Gasteiger partial charge in [-0.25, -0.2) is 0 Å². The topological polar surface area (TPSA) is 127 Å². The van der Waals surface area contributed by atoms with Crippen LogP contribution < -0.4 is 10.2 Å². The predicted molar refractivity (Wildman–Crippen MR) is 155 cm³/mol. The highest BCUT2D eigenvalue weighted by molar-refractivity contribution is 6.13. The Morgan fingerprint density at radius 3 is 2.33 bits per heavy atom. The number of aliphatic hydroxyl groups excluding tert-OH is 2. The lowest BCUT2D eigenvalue weighted by Gasteiger charge is -2.26. The van der Waals surface area contributed by atoms with Gasteiger partial charge in [0.2, 0.25) is 0 Å². The van der Waals surface area contributed by atoms with Crippen LogP contribution in [0.5, 0.6) is 0 Å². The number of nitrogens with one attached hydrogen (secondary N) is 1. The number of anilines is 1. The highest BCUT2D eigenvalue weighted by Crippen LogP contribution is 2.41. The molecule has 3 N–H and O–H groups in total. The molecule has 40 heavy (non-hydrogen) atoms. The van der Waals surface area contributed by atoms with E-state index in [1.807, 2.05) is 50.2 Å². The monoisotopic (exact) mass is 539 g/mol. The molecular formula is C32H33N3O5. The summed E-state index contributed by atoms with van der Waals surface area (Å²) in [5.41, 5.74) is 3.83. The molecule has 0 fully saturated rings. The van der Waals surface area contributed by atoms with Crippen molar-refractivity contribution in [2.24, 2.45) is 0 Å². The predicted octanol–water partition coefficient (Wildman–Crippen LogP) is 5.45. The van der Waals surface area contributed by atoms with E-state index in [-0.39, 0.29) is 12.2 Å². The third kappa shape index (κ3) is 5.48. The summed E-state index contributed by atoms with van der Waals surface area (Å²) in [7, 11) is 0. The number of aliphatic hydroxyl groups is 2. The van der Waals surface area contributed by atoms with Gasteiger partial charge in [-0.1, -0.05) is 48.9 Å². The van der Waals surface area contributed by atoms with Gasteiger partial charge in [0.05, 0.1) is 30.0 Å². The Labute approximate surface area is 233 Å². The fourth-order valence-electron chi connectivity index (χ4n) is 4.55. The largest absolute Gasteiger partial charge is 0.455 e. The molecule has 0 spiro atoms. The number of hydrogen-bond donors (Lipinski definition) is 3. The lowest BCUT2D eigenvalue weighted by molar-refractivity contribution is 0.0724. The average Bonchev–Trinajstić information content (AvgIpc) is 3.35. The Morgan fingerprint density at radius 2 is 1.73 bits per heavy atom. The van der Waals surface area contributed by atoms with Crippen molar-refractivity contribution in [2.45, 2.75) is 39.7 Å². The van der Waals surface area contributed by atoms with Crippen LogP contribution in [0.25, 0.3) is 33.4 Å². The Bertz CT molecular complexity index is 1590. The molecule has 4 rings (SSSR count). The molecule has 0 unspecified atom stereocenters. The number of hydrogen-bond acceptors (Lipinski definition) is 7. The molecule has 0 aliphatic carbocycles. The van der Waals surface area contributed by atoms with Crippen molar-refractivity contribution in [3.05, 3.63) is 77.4 Å². The maximum absolute atomic E-state index is 13.2. The molecular weight excluding hydrogens is 506 g/mol. The van der Waals surface area contributed by atoms with Crippen LogP contribution in [-0.2, 0) is 0 Å². The number of nitrogens with zero attached hydrogens (tertiary/aromatic N) is 2. The van der Waals surface area contributed by atoms with Crippen molar-refractivity contribution in [3.8, 4) is 28.6 Å². The van der Waals surface area contributed by atoms with Gasteiger partial charge in [0.25, 0.3) is 5.91 Å². The zero-order chi connectivity index (χ0) is 29.0. The number of furan rings is 1. The quantitative estimate of drug-likeness (QED) is 0.139. The molecule has 0 radical (unpaired) electrons. The first-order chi connectivity index (χ1) is 19.2. The van der Waals surface area contributed by atoms with Gasteiger partial charge < -0.3 is 19.9 Å². The number of ketones is 1. The number of aryl methyl sites for hydroxylation is 1. The van der Waals surface area contributed by atoms with Gasteiger partial charge in [0, 0.05) is 41.1 Å². The van der Waals surface area contributed by atoms with Crippen molar-refractivity contribution in [1.29, 1.82) is 5.26 Å². The first kappa shape index (κ1) is 28.6. The normalized spacial score (nSPS) is 11.3. The summed E-state index contributed by atoms with van der Waals surface area (Å²) >= 11 is 0. The number of nitriles is 1. The molecule has 1 heterocycles. The zero-order valence-electron chi connectivity index (χ0n) is 23.1. The van der Waals surface area contributed by atoms with Crippen LogP contribution in [0.2, 0.25) is 0 Å². The summed E-state index contributed by atoms with van der Waals surface area (Å²) in [6.07, 6.45) is 2.50. The standard InChI is InChI=1S/C32H33N3O5/c1-5-27(38)29-25-15-24(22-8-7-9-23(14-22)31(39)34-32(4,17-36)18-37)26(35(6-2)19-33)16-28(25)40-30(29)21-12-10-20(3)11-13-21/h7-16,36-37H,5-6,17-18H2,1-4H3,(H,34,39). The number of carbonyl (C=O) groups is 2. The number of carbonyl (C=O) groups excluding carboxylic acids is 2. The number of Topliss-reactive ketones (excluding diaryl/α,β-unsaturated/α-hetero) is 1. The Morgan fingerprint density at radius 1 is 1.02 bits per heavy atom. The van der Waals surface area contributed by atoms with Gasteiger partial charge in [-0.15, -0.1) is 0 Å². The van der Waals surface area contributed by atoms with E-state index in [4.69, 9.17) is 4.42 Å². The van der Waals surface area contributed by atoms with Crippen molar-refractivity contribution >= 4 is 28.3 Å². The van der Waals surface area contributed by atoms with Crippen molar-refractivity contribution in [2.75, 3.05) is 24.7 Å². The van der Waals surface area contributed by atoms with E-state index in [2.05, 4.69) is 11.5 Å². The number of rotatable bonds is 10. The van der Waals surface area contributed by atoms with Crippen LogP contribution >= 0.6 is 0 Å². The second kappa shape index (κ2) is 11.7. The molecule has 3 aromatic carbocycles. The first-order valence-electron chi connectivity index (χ1n) is 13.2. The molecule has 1 amide bonds. The molecule has 0 bridgehead atoms. The summed E-state index contributed by atoms with van der Waals surface area (Å²) in [6, 6.07) is 18.2. The first-order valence-corrected chi connectivity index (χ1v) is 13.2. The van der Waals surface area contributed by atoms with Crippen LogP contribution in [0, 0.1) is 18.4 Å². The van der Waals surface area contributed by atoms with E-state index < -0.39 is 24.7 Å². The second-order valence-electron chi connectivity index (χ2n) is 10.1. The Balaban J connectivity index is 1.95. The average molecular weight is 540 g/mol. The van der Waals surface area contributed by atoms with Crippen LogP contribution in [0.4, 0.5) is 5.69 Å². The van der Waals surface area contributed by atoms with E-state index in [1.54, 1.807) is 38.1 Å². The van der Waals surface area contributed by atoms with Crippen LogP contribution in [0.3, 0.4) is 0 Å². The molecule has 4 aromatic rings.